The van der Waals surface area contributed by atoms with E-state index >= 15 is 0 Å². The van der Waals surface area contributed by atoms with Crippen LogP contribution in [0.4, 0.5) is 0 Å². The van der Waals surface area contributed by atoms with Gasteiger partial charge in [-0.15, -0.1) is 0 Å². The first-order valence-electron chi connectivity index (χ1n) is 5.34. The molecule has 1 aromatic carbocycles. The van der Waals surface area contributed by atoms with Crippen molar-refractivity contribution in [3.63, 3.8) is 0 Å². The van der Waals surface area contributed by atoms with Gasteiger partial charge in [0.15, 0.2) is 0 Å². The summed E-state index contributed by atoms with van der Waals surface area (Å²) in [6.45, 7) is 0. The molecule has 0 radical (unpaired) electrons. The fourth-order valence-electron chi connectivity index (χ4n) is 2.89. The summed E-state index contributed by atoms with van der Waals surface area (Å²) in [5.74, 6) is 1.69. The molecule has 3 unspecified atom stereocenters. The van der Waals surface area contributed by atoms with Crippen molar-refractivity contribution >= 4 is 0 Å². The van der Waals surface area contributed by atoms with Crippen LogP contribution in [0.2, 0.25) is 0 Å². The van der Waals surface area contributed by atoms with Gasteiger partial charge in [0.1, 0.15) is 0 Å². The van der Waals surface area contributed by atoms with E-state index < -0.39 is 0 Å². The second-order valence-corrected chi connectivity index (χ2v) is 6.54. The van der Waals surface area contributed by atoms with E-state index in [0.717, 1.165) is 15.5 Å². The van der Waals surface area contributed by atoms with Crippen molar-refractivity contribution in [2.24, 2.45) is 5.92 Å². The second-order valence-electron chi connectivity index (χ2n) is 4.30. The molecule has 2 aliphatic rings. The minimum atomic E-state index is 0. The van der Waals surface area contributed by atoms with Crippen LogP contribution in [0.25, 0.3) is 0 Å². The van der Waals surface area contributed by atoms with Crippen LogP contribution in [-0.2, 0) is 24.4 Å². The van der Waals surface area contributed by atoms with Gasteiger partial charge in [-0.25, -0.2) is 0 Å². The van der Waals surface area contributed by atoms with Crippen molar-refractivity contribution in [3.8, 4) is 0 Å². The van der Waals surface area contributed by atoms with E-state index in [1.807, 2.05) is 0 Å². The molecule has 0 N–H and O–H groups in total. The Morgan fingerprint density at radius 1 is 1.00 bits per heavy atom. The maximum atomic E-state index is 2.45. The summed E-state index contributed by atoms with van der Waals surface area (Å²) in [6, 6.07) is 9.07. The molecule has 0 fully saturated rings. The summed E-state index contributed by atoms with van der Waals surface area (Å²) in [6.07, 6.45) is 7.53. The number of hydrogen-bond donors (Lipinski definition) is 0. The zero-order valence-electron chi connectivity index (χ0n) is 9.24. The van der Waals surface area contributed by atoms with Crippen LogP contribution in [0, 0.1) is 5.92 Å². The summed E-state index contributed by atoms with van der Waals surface area (Å²) in [7, 11) is 0. The molecular formula is C13H13Cl3Hf. The summed E-state index contributed by atoms with van der Waals surface area (Å²) in [5, 5.41) is 0. The molecular weight excluding hydrogens is 441 g/mol. The molecule has 0 heterocycles. The Labute approximate surface area is 136 Å². The Bertz CT molecular complexity index is 392. The van der Waals surface area contributed by atoms with E-state index in [1.54, 1.807) is 11.1 Å². The second kappa shape index (κ2) is 7.33. The van der Waals surface area contributed by atoms with Crippen LogP contribution in [0.5, 0.6) is 0 Å². The Hall–Kier alpha value is 0.700. The third-order valence-electron chi connectivity index (χ3n) is 3.59. The molecule has 0 saturated carbocycles. The molecule has 90 valence electrons. The van der Waals surface area contributed by atoms with Gasteiger partial charge < -0.3 is 37.2 Å². The number of allylic oxidation sites excluding steroid dienone is 2. The van der Waals surface area contributed by atoms with Gasteiger partial charge in [0.25, 0.3) is 0 Å². The maximum absolute atomic E-state index is 2.45. The van der Waals surface area contributed by atoms with Gasteiger partial charge in [-0.1, -0.05) is 0 Å². The third kappa shape index (κ3) is 3.00. The van der Waals surface area contributed by atoms with Gasteiger partial charge in [-0.3, -0.25) is 0 Å². The summed E-state index contributed by atoms with van der Waals surface area (Å²) in [4.78, 5) is 0. The van der Waals surface area contributed by atoms with Crippen molar-refractivity contribution in [1.29, 1.82) is 0 Å². The van der Waals surface area contributed by atoms with Crippen LogP contribution in [0.1, 0.15) is 33.6 Å². The Morgan fingerprint density at radius 3 is 2.35 bits per heavy atom. The normalized spacial score (nSPS) is 28.0. The molecule has 0 aromatic heterocycles. The fourth-order valence-corrected chi connectivity index (χ4v) is 5.18. The number of halogens is 3. The van der Waals surface area contributed by atoms with E-state index in [-0.39, 0.29) is 37.2 Å². The van der Waals surface area contributed by atoms with E-state index in [1.165, 1.54) is 37.2 Å². The number of benzene rings is 1. The van der Waals surface area contributed by atoms with Crippen molar-refractivity contribution in [2.75, 3.05) is 0 Å². The third-order valence-corrected chi connectivity index (χ3v) is 6.25. The van der Waals surface area contributed by atoms with Gasteiger partial charge in [-0.05, 0) is 0 Å². The molecule has 3 rings (SSSR count). The first-order chi connectivity index (χ1) is 6.88. The van der Waals surface area contributed by atoms with Crippen LogP contribution < -0.4 is 37.2 Å². The summed E-state index contributed by atoms with van der Waals surface area (Å²) >= 11 is 1.31. The van der Waals surface area contributed by atoms with E-state index in [2.05, 4.69) is 36.4 Å². The molecule has 3 atom stereocenters. The average molecular weight is 454 g/mol. The van der Waals surface area contributed by atoms with Gasteiger partial charge >= 0.3 is 100 Å². The predicted octanol–water partition coefficient (Wildman–Crippen LogP) is -5.65. The molecule has 0 spiro atoms. The number of fused-ring (bicyclic) bond motifs is 3. The SMILES string of the molecule is [Cl-].[Cl-].[Cl-].[Hf+3][CH]1c2ccccc2C2C=CCCC12. The summed E-state index contributed by atoms with van der Waals surface area (Å²) in [5.41, 5.74) is 3.27. The molecule has 1 aromatic rings. The van der Waals surface area contributed by atoms with Gasteiger partial charge in [0.05, 0.1) is 0 Å². The van der Waals surface area contributed by atoms with Gasteiger partial charge in [0.2, 0.25) is 0 Å². The van der Waals surface area contributed by atoms with Crippen LogP contribution in [0.3, 0.4) is 0 Å². The first kappa shape index (κ1) is 17.7. The standard InChI is InChI=1S/C13H13.3ClH.Hf/c1-3-7-12-10(5-1)9-11-6-2-4-8-13(11)12;;;;/h1,3-5,7-9,11,13H,2,6H2;3*1H;/q;;;;+3/p-3. The minimum absolute atomic E-state index is 0. The van der Waals surface area contributed by atoms with Crippen LogP contribution >= 0.6 is 0 Å². The number of hydrogen-bond acceptors (Lipinski definition) is 0. The van der Waals surface area contributed by atoms with E-state index in [9.17, 15) is 0 Å². The Balaban J connectivity index is 0.000000853. The predicted molar refractivity (Wildman–Crippen MR) is 53.8 cm³/mol. The number of rotatable bonds is 0. The van der Waals surface area contributed by atoms with Crippen molar-refractivity contribution < 1.29 is 61.6 Å². The van der Waals surface area contributed by atoms with Crippen LogP contribution in [0.15, 0.2) is 36.4 Å². The molecule has 4 heteroatoms. The molecule has 0 bridgehead atoms. The summed E-state index contributed by atoms with van der Waals surface area (Å²) < 4.78 is 0.904. The molecule has 0 nitrogen and oxygen atoms in total. The van der Waals surface area contributed by atoms with E-state index in [0.29, 0.717) is 0 Å². The van der Waals surface area contributed by atoms with Gasteiger partial charge in [-0.2, -0.15) is 0 Å². The average Bonchev–Trinajstić information content (AvgIpc) is 2.55. The van der Waals surface area contributed by atoms with E-state index in [4.69, 9.17) is 0 Å². The Kier molecular flexibility index (Phi) is 7.63. The zero-order valence-corrected chi connectivity index (χ0v) is 15.1. The van der Waals surface area contributed by atoms with Crippen LogP contribution in [-0.4, -0.2) is 0 Å². The fraction of sp³-hybridized carbons (Fsp3) is 0.385. The van der Waals surface area contributed by atoms with Crippen molar-refractivity contribution in [1.82, 2.24) is 0 Å². The molecule has 2 aliphatic carbocycles. The van der Waals surface area contributed by atoms with Crippen molar-refractivity contribution in [3.05, 3.63) is 47.5 Å². The monoisotopic (exact) mass is 454 g/mol. The first-order valence-corrected chi connectivity index (χ1v) is 7.42. The Morgan fingerprint density at radius 2 is 1.65 bits per heavy atom. The molecule has 0 aliphatic heterocycles. The quantitative estimate of drug-likeness (QED) is 0.271. The molecule has 0 amide bonds. The zero-order chi connectivity index (χ0) is 9.54. The topological polar surface area (TPSA) is 0 Å². The van der Waals surface area contributed by atoms with Crippen molar-refractivity contribution in [2.45, 2.75) is 22.4 Å². The van der Waals surface area contributed by atoms with Gasteiger partial charge in [0, 0.05) is 0 Å². The molecule has 17 heavy (non-hydrogen) atoms. The molecule has 0 saturated heterocycles.